The van der Waals surface area contributed by atoms with Gasteiger partial charge in [-0.3, -0.25) is 4.90 Å². The quantitative estimate of drug-likeness (QED) is 0.511. The van der Waals surface area contributed by atoms with Crippen molar-refractivity contribution >= 4 is 22.9 Å². The van der Waals surface area contributed by atoms with Crippen molar-refractivity contribution in [3.05, 3.63) is 70.4 Å². The lowest BCUT2D eigenvalue weighted by atomic mass is 9.88. The third-order valence-electron chi connectivity index (χ3n) is 7.58. The number of rotatable bonds is 4. The number of anilines is 1. The van der Waals surface area contributed by atoms with Crippen molar-refractivity contribution in [2.24, 2.45) is 0 Å². The summed E-state index contributed by atoms with van der Waals surface area (Å²) in [7, 11) is 0. The van der Waals surface area contributed by atoms with Crippen LogP contribution in [0.5, 0.6) is 0 Å². The molecule has 0 radical (unpaired) electrons. The standard InChI is InChI=1S/C27H30ClN5/c1-18-27-24-9-8-20(19-10-13-32(14-11-19)23-6-3-7-23)16-25(24)26(12-15-33(27)31-30-18)29-22-5-2-4-21(28)17-22/h2,4-5,8-10,16-17,23,26,29H,3,6-7,11-15H2,1H3. The summed E-state index contributed by atoms with van der Waals surface area (Å²) in [5.74, 6) is 0. The Balaban J connectivity index is 1.36. The highest BCUT2D eigenvalue weighted by molar-refractivity contribution is 6.30. The maximum absolute atomic E-state index is 6.27. The van der Waals surface area contributed by atoms with Gasteiger partial charge in [0.05, 0.1) is 17.4 Å². The monoisotopic (exact) mass is 459 g/mol. The molecule has 0 saturated heterocycles. The van der Waals surface area contributed by atoms with Crippen molar-refractivity contribution in [2.45, 2.75) is 57.7 Å². The maximum atomic E-state index is 6.27. The molecular weight excluding hydrogens is 430 g/mol. The van der Waals surface area contributed by atoms with Crippen LogP contribution in [-0.4, -0.2) is 39.0 Å². The minimum atomic E-state index is 0.176. The van der Waals surface area contributed by atoms with Crippen LogP contribution in [0.15, 0.2) is 48.5 Å². The van der Waals surface area contributed by atoms with Gasteiger partial charge in [-0.15, -0.1) is 5.10 Å². The molecule has 1 saturated carbocycles. The van der Waals surface area contributed by atoms with Crippen molar-refractivity contribution in [2.75, 3.05) is 18.4 Å². The molecule has 1 unspecified atom stereocenters. The molecule has 2 aromatic carbocycles. The summed E-state index contributed by atoms with van der Waals surface area (Å²) in [6, 6.07) is 16.0. The average molecular weight is 460 g/mol. The van der Waals surface area contributed by atoms with Crippen LogP contribution in [0.1, 0.15) is 55.0 Å². The number of halogens is 1. The van der Waals surface area contributed by atoms with Gasteiger partial charge in [-0.1, -0.05) is 47.5 Å². The number of hydrogen-bond acceptors (Lipinski definition) is 4. The molecule has 33 heavy (non-hydrogen) atoms. The molecule has 0 spiro atoms. The Labute approximate surface area is 200 Å². The van der Waals surface area contributed by atoms with E-state index in [9.17, 15) is 0 Å². The van der Waals surface area contributed by atoms with Crippen molar-refractivity contribution in [1.29, 1.82) is 0 Å². The van der Waals surface area contributed by atoms with E-state index in [1.54, 1.807) is 0 Å². The highest BCUT2D eigenvalue weighted by atomic mass is 35.5. The summed E-state index contributed by atoms with van der Waals surface area (Å²) < 4.78 is 2.06. The number of aryl methyl sites for hydroxylation is 2. The Morgan fingerprint density at radius 2 is 1.97 bits per heavy atom. The van der Waals surface area contributed by atoms with Gasteiger partial charge in [0, 0.05) is 41.9 Å². The van der Waals surface area contributed by atoms with Crippen LogP contribution in [0.25, 0.3) is 16.8 Å². The lowest BCUT2D eigenvalue weighted by Gasteiger charge is -2.39. The zero-order valence-electron chi connectivity index (χ0n) is 19.1. The first-order valence-corrected chi connectivity index (χ1v) is 12.5. The van der Waals surface area contributed by atoms with Crippen LogP contribution < -0.4 is 5.32 Å². The Morgan fingerprint density at radius 1 is 1.06 bits per heavy atom. The maximum Gasteiger partial charge on any atom is 0.0918 e. The predicted molar refractivity (Wildman–Crippen MR) is 134 cm³/mol. The summed E-state index contributed by atoms with van der Waals surface area (Å²) in [6.07, 6.45) is 8.67. The highest BCUT2D eigenvalue weighted by Crippen LogP contribution is 2.39. The topological polar surface area (TPSA) is 46.0 Å². The van der Waals surface area contributed by atoms with Gasteiger partial charge in [0.15, 0.2) is 0 Å². The molecule has 0 bridgehead atoms. The molecule has 1 fully saturated rings. The molecule has 1 N–H and O–H groups in total. The fourth-order valence-corrected chi connectivity index (χ4v) is 5.71. The number of benzene rings is 2. The van der Waals surface area contributed by atoms with Gasteiger partial charge >= 0.3 is 0 Å². The molecule has 1 aromatic heterocycles. The Kier molecular flexibility index (Phi) is 5.47. The molecule has 1 aliphatic carbocycles. The van der Waals surface area contributed by atoms with Crippen LogP contribution in [0.2, 0.25) is 5.02 Å². The third kappa shape index (κ3) is 3.98. The predicted octanol–water partition coefficient (Wildman–Crippen LogP) is 6.11. The molecular formula is C27H30ClN5. The van der Waals surface area contributed by atoms with Gasteiger partial charge in [0.1, 0.15) is 0 Å². The Morgan fingerprint density at radius 3 is 2.73 bits per heavy atom. The molecule has 3 aliphatic rings. The van der Waals surface area contributed by atoms with E-state index in [1.165, 1.54) is 48.1 Å². The largest absolute Gasteiger partial charge is 0.378 e. The van der Waals surface area contributed by atoms with Crippen LogP contribution in [0, 0.1) is 6.92 Å². The SMILES string of the molecule is Cc1nnn2c1-c1ccc(C3=CCN(C4CCC4)CC3)cc1C(Nc1cccc(Cl)c1)CC2. The zero-order chi connectivity index (χ0) is 22.4. The van der Waals surface area contributed by atoms with E-state index >= 15 is 0 Å². The average Bonchev–Trinajstić information content (AvgIpc) is 3.08. The van der Waals surface area contributed by atoms with E-state index in [1.807, 2.05) is 18.2 Å². The minimum absolute atomic E-state index is 0.176. The van der Waals surface area contributed by atoms with E-state index in [-0.39, 0.29) is 6.04 Å². The number of nitrogens with zero attached hydrogens (tertiary/aromatic N) is 4. The van der Waals surface area contributed by atoms with Crippen molar-refractivity contribution in [3.8, 4) is 11.3 Å². The van der Waals surface area contributed by atoms with Gasteiger partial charge in [-0.05, 0) is 73.6 Å². The van der Waals surface area contributed by atoms with Gasteiger partial charge in [-0.2, -0.15) is 0 Å². The second kappa shape index (κ2) is 8.62. The lowest BCUT2D eigenvalue weighted by Crippen LogP contribution is -2.42. The van der Waals surface area contributed by atoms with E-state index in [4.69, 9.17) is 11.6 Å². The molecule has 0 amide bonds. The Bertz CT molecular complexity index is 1210. The number of hydrogen-bond donors (Lipinski definition) is 1. The summed E-state index contributed by atoms with van der Waals surface area (Å²) in [4.78, 5) is 2.66. The van der Waals surface area contributed by atoms with E-state index in [0.29, 0.717) is 0 Å². The summed E-state index contributed by atoms with van der Waals surface area (Å²) >= 11 is 6.27. The van der Waals surface area contributed by atoms with Gasteiger partial charge < -0.3 is 5.32 Å². The molecule has 3 heterocycles. The number of aromatic nitrogens is 3. The molecule has 3 aromatic rings. The molecule has 6 rings (SSSR count). The van der Waals surface area contributed by atoms with Gasteiger partial charge in [0.25, 0.3) is 0 Å². The summed E-state index contributed by atoms with van der Waals surface area (Å²) in [5.41, 5.74) is 8.54. The Hall–Kier alpha value is -2.63. The third-order valence-corrected chi connectivity index (χ3v) is 7.82. The smallest absolute Gasteiger partial charge is 0.0918 e. The molecule has 2 aliphatic heterocycles. The first-order chi connectivity index (χ1) is 16.2. The summed E-state index contributed by atoms with van der Waals surface area (Å²) in [6.45, 7) is 5.14. The van der Waals surface area contributed by atoms with Gasteiger partial charge in [-0.25, -0.2) is 4.68 Å². The van der Waals surface area contributed by atoms with Crippen molar-refractivity contribution < 1.29 is 0 Å². The van der Waals surface area contributed by atoms with Crippen LogP contribution in [0.3, 0.4) is 0 Å². The summed E-state index contributed by atoms with van der Waals surface area (Å²) in [5, 5.41) is 13.3. The molecule has 6 heteroatoms. The van der Waals surface area contributed by atoms with E-state index in [0.717, 1.165) is 54.1 Å². The first-order valence-electron chi connectivity index (χ1n) is 12.2. The minimum Gasteiger partial charge on any atom is -0.378 e. The molecule has 170 valence electrons. The second-order valence-corrected chi connectivity index (χ2v) is 10.0. The second-order valence-electron chi connectivity index (χ2n) is 9.60. The number of nitrogens with one attached hydrogen (secondary N) is 1. The van der Waals surface area contributed by atoms with Crippen LogP contribution >= 0.6 is 11.6 Å². The van der Waals surface area contributed by atoms with Crippen LogP contribution in [0.4, 0.5) is 5.69 Å². The zero-order valence-corrected chi connectivity index (χ0v) is 19.9. The first kappa shape index (κ1) is 20.9. The normalized spacial score (nSPS) is 20.9. The molecule has 1 atom stereocenters. The highest BCUT2D eigenvalue weighted by Gasteiger charge is 2.28. The van der Waals surface area contributed by atoms with Crippen molar-refractivity contribution in [1.82, 2.24) is 19.9 Å². The number of fused-ring (bicyclic) bond motifs is 3. The van der Waals surface area contributed by atoms with E-state index in [2.05, 4.69) is 62.5 Å². The fourth-order valence-electron chi connectivity index (χ4n) is 5.52. The lowest BCUT2D eigenvalue weighted by molar-refractivity contribution is 0.141. The van der Waals surface area contributed by atoms with Crippen molar-refractivity contribution in [3.63, 3.8) is 0 Å². The van der Waals surface area contributed by atoms with Gasteiger partial charge in [0.2, 0.25) is 0 Å². The van der Waals surface area contributed by atoms with E-state index < -0.39 is 0 Å². The fraction of sp³-hybridized carbons (Fsp3) is 0.407. The van der Waals surface area contributed by atoms with Crippen LogP contribution in [-0.2, 0) is 6.54 Å². The molecule has 5 nitrogen and oxygen atoms in total.